The quantitative estimate of drug-likeness (QED) is 0.420. The largest absolute Gasteiger partial charge is 0.497 e. The lowest BCUT2D eigenvalue weighted by atomic mass is 10.2. The molecule has 0 aliphatic heterocycles. The Labute approximate surface area is 180 Å². The molecule has 0 aliphatic carbocycles. The van der Waals surface area contributed by atoms with E-state index in [0.717, 1.165) is 5.56 Å². The lowest BCUT2D eigenvalue weighted by Crippen LogP contribution is -2.17. The molecule has 0 atom stereocenters. The second kappa shape index (κ2) is 10.3. The van der Waals surface area contributed by atoms with Crippen molar-refractivity contribution >= 4 is 23.7 Å². The normalized spacial score (nSPS) is 10.6. The minimum Gasteiger partial charge on any atom is -0.497 e. The van der Waals surface area contributed by atoms with Crippen molar-refractivity contribution in [1.82, 2.24) is 5.43 Å². The summed E-state index contributed by atoms with van der Waals surface area (Å²) in [5.41, 5.74) is 4.47. The van der Waals surface area contributed by atoms with Gasteiger partial charge in [-0.2, -0.15) is 5.10 Å². The number of rotatable bonds is 8. The maximum Gasteiger partial charge on any atom is 0.271 e. The van der Waals surface area contributed by atoms with Crippen LogP contribution in [-0.4, -0.2) is 26.3 Å². The fourth-order valence-electron chi connectivity index (χ4n) is 2.68. The van der Waals surface area contributed by atoms with Gasteiger partial charge in [0, 0.05) is 21.7 Å². The van der Waals surface area contributed by atoms with E-state index in [2.05, 4.69) is 10.5 Å². The van der Waals surface area contributed by atoms with Gasteiger partial charge in [0.2, 0.25) is 0 Å². The molecule has 0 fully saturated rings. The molecule has 1 amide bonds. The van der Waals surface area contributed by atoms with Gasteiger partial charge in [0.15, 0.2) is 11.5 Å². The minimum absolute atomic E-state index is 0.263. The average molecular weight is 425 g/mol. The van der Waals surface area contributed by atoms with Gasteiger partial charge in [-0.1, -0.05) is 35.9 Å². The zero-order chi connectivity index (χ0) is 21.3. The Morgan fingerprint density at radius 2 is 1.77 bits per heavy atom. The molecular formula is C23H21ClN2O4. The van der Waals surface area contributed by atoms with Gasteiger partial charge in [0.05, 0.1) is 20.4 Å². The van der Waals surface area contributed by atoms with Crippen LogP contribution in [0.5, 0.6) is 17.2 Å². The van der Waals surface area contributed by atoms with E-state index in [1.807, 2.05) is 30.3 Å². The Morgan fingerprint density at radius 1 is 1.00 bits per heavy atom. The number of carbonyl (C=O) groups excluding carboxylic acids is 1. The number of hydrogen-bond donors (Lipinski definition) is 1. The smallest absolute Gasteiger partial charge is 0.271 e. The van der Waals surface area contributed by atoms with Crippen LogP contribution >= 0.6 is 11.6 Å². The van der Waals surface area contributed by atoms with E-state index in [-0.39, 0.29) is 12.5 Å². The Balaban J connectivity index is 1.73. The molecule has 3 aromatic rings. The number of nitrogens with zero attached hydrogens (tertiary/aromatic N) is 1. The molecule has 0 bridgehead atoms. The molecule has 6 nitrogen and oxygen atoms in total. The molecule has 3 rings (SSSR count). The zero-order valence-electron chi connectivity index (χ0n) is 16.6. The van der Waals surface area contributed by atoms with Gasteiger partial charge in [0.25, 0.3) is 5.91 Å². The zero-order valence-corrected chi connectivity index (χ0v) is 17.3. The van der Waals surface area contributed by atoms with Gasteiger partial charge in [-0.25, -0.2) is 5.43 Å². The second-order valence-corrected chi connectivity index (χ2v) is 6.59. The van der Waals surface area contributed by atoms with E-state index >= 15 is 0 Å². The number of carbonyl (C=O) groups is 1. The van der Waals surface area contributed by atoms with Crippen molar-refractivity contribution in [3.05, 3.63) is 88.4 Å². The molecule has 0 heterocycles. The third-order valence-corrected chi connectivity index (χ3v) is 4.65. The highest BCUT2D eigenvalue weighted by Crippen LogP contribution is 2.31. The van der Waals surface area contributed by atoms with Gasteiger partial charge in [-0.05, 0) is 42.5 Å². The van der Waals surface area contributed by atoms with Crippen molar-refractivity contribution in [3.8, 4) is 17.2 Å². The average Bonchev–Trinajstić information content (AvgIpc) is 2.78. The molecule has 0 spiro atoms. The van der Waals surface area contributed by atoms with Crippen molar-refractivity contribution in [3.63, 3.8) is 0 Å². The molecule has 3 aromatic carbocycles. The van der Waals surface area contributed by atoms with Crippen LogP contribution in [0.25, 0.3) is 0 Å². The lowest BCUT2D eigenvalue weighted by molar-refractivity contribution is 0.0955. The van der Waals surface area contributed by atoms with Crippen LogP contribution in [0.4, 0.5) is 0 Å². The molecule has 154 valence electrons. The van der Waals surface area contributed by atoms with Crippen LogP contribution in [0.3, 0.4) is 0 Å². The molecule has 0 saturated heterocycles. The summed E-state index contributed by atoms with van der Waals surface area (Å²) >= 11 is 6.21. The van der Waals surface area contributed by atoms with Crippen LogP contribution in [-0.2, 0) is 6.61 Å². The highest BCUT2D eigenvalue weighted by molar-refractivity contribution is 6.31. The number of benzene rings is 3. The highest BCUT2D eigenvalue weighted by Gasteiger charge is 2.11. The molecule has 30 heavy (non-hydrogen) atoms. The summed E-state index contributed by atoms with van der Waals surface area (Å²) in [4.78, 5) is 12.3. The van der Waals surface area contributed by atoms with Crippen molar-refractivity contribution in [2.75, 3.05) is 14.2 Å². The van der Waals surface area contributed by atoms with Crippen LogP contribution in [0.15, 0.2) is 71.8 Å². The first-order valence-corrected chi connectivity index (χ1v) is 9.51. The number of methoxy groups -OCH3 is 2. The van der Waals surface area contributed by atoms with Crippen molar-refractivity contribution in [2.24, 2.45) is 5.10 Å². The van der Waals surface area contributed by atoms with Crippen LogP contribution in [0.2, 0.25) is 5.02 Å². The standard InChI is InChI=1S/C23H21ClN2O4/c1-28-19-12-10-16(11-13-19)23(27)26-25-14-17-7-5-9-21(29-2)22(17)30-15-18-6-3-4-8-20(18)24/h3-14H,15H2,1-2H3,(H,26,27)/b25-14-. The fraction of sp³-hybridized carbons (Fsp3) is 0.130. The molecule has 7 heteroatoms. The van der Waals surface area contributed by atoms with Gasteiger partial charge < -0.3 is 14.2 Å². The highest BCUT2D eigenvalue weighted by atomic mass is 35.5. The summed E-state index contributed by atoms with van der Waals surface area (Å²) in [6.07, 6.45) is 1.51. The topological polar surface area (TPSA) is 69.2 Å². The van der Waals surface area contributed by atoms with E-state index in [4.69, 9.17) is 25.8 Å². The van der Waals surface area contributed by atoms with E-state index in [9.17, 15) is 4.79 Å². The van der Waals surface area contributed by atoms with Gasteiger partial charge >= 0.3 is 0 Å². The summed E-state index contributed by atoms with van der Waals surface area (Å²) in [5.74, 6) is 1.39. The summed E-state index contributed by atoms with van der Waals surface area (Å²) in [6.45, 7) is 0.263. The SMILES string of the molecule is COc1ccc(C(=O)N/N=C\c2cccc(OC)c2OCc2ccccc2Cl)cc1. The summed E-state index contributed by atoms with van der Waals surface area (Å²) in [6, 6.07) is 19.6. The predicted molar refractivity (Wildman–Crippen MR) is 117 cm³/mol. The molecule has 0 saturated carbocycles. The van der Waals surface area contributed by atoms with Crippen molar-refractivity contribution < 1.29 is 19.0 Å². The minimum atomic E-state index is -0.338. The summed E-state index contributed by atoms with van der Waals surface area (Å²) in [7, 11) is 3.13. The van der Waals surface area contributed by atoms with E-state index in [0.29, 0.717) is 33.4 Å². The Hall–Kier alpha value is -3.51. The molecule has 0 radical (unpaired) electrons. The van der Waals surface area contributed by atoms with Crippen LogP contribution < -0.4 is 19.6 Å². The summed E-state index contributed by atoms with van der Waals surface area (Å²) < 4.78 is 16.5. The fourth-order valence-corrected chi connectivity index (χ4v) is 2.87. The predicted octanol–water partition coefficient (Wildman–Crippen LogP) is 4.70. The van der Waals surface area contributed by atoms with Crippen molar-refractivity contribution in [1.29, 1.82) is 0 Å². The first-order valence-electron chi connectivity index (χ1n) is 9.13. The van der Waals surface area contributed by atoms with Gasteiger partial charge in [-0.3, -0.25) is 4.79 Å². The molecule has 1 N–H and O–H groups in total. The first-order chi connectivity index (χ1) is 14.6. The third kappa shape index (κ3) is 5.30. The number of hydrazone groups is 1. The number of nitrogens with one attached hydrogen (secondary N) is 1. The van der Waals surface area contributed by atoms with Gasteiger partial charge in [0.1, 0.15) is 12.4 Å². The monoisotopic (exact) mass is 424 g/mol. The molecule has 0 aromatic heterocycles. The Bertz CT molecular complexity index is 1040. The van der Waals surface area contributed by atoms with Crippen LogP contribution in [0, 0.1) is 0 Å². The molecule has 0 unspecified atom stereocenters. The maximum absolute atomic E-state index is 12.3. The number of hydrogen-bond acceptors (Lipinski definition) is 5. The second-order valence-electron chi connectivity index (χ2n) is 6.19. The van der Waals surface area contributed by atoms with Crippen LogP contribution in [0.1, 0.15) is 21.5 Å². The number of halogens is 1. The van der Waals surface area contributed by atoms with Gasteiger partial charge in [-0.15, -0.1) is 0 Å². The molecule has 0 aliphatic rings. The number of para-hydroxylation sites is 1. The molecular weight excluding hydrogens is 404 g/mol. The Morgan fingerprint density at radius 3 is 2.47 bits per heavy atom. The lowest BCUT2D eigenvalue weighted by Gasteiger charge is -2.13. The van der Waals surface area contributed by atoms with E-state index < -0.39 is 0 Å². The number of ether oxygens (including phenoxy) is 3. The van der Waals surface area contributed by atoms with E-state index in [1.165, 1.54) is 6.21 Å². The maximum atomic E-state index is 12.3. The number of amides is 1. The van der Waals surface area contributed by atoms with E-state index in [1.54, 1.807) is 50.6 Å². The first kappa shape index (κ1) is 21.2. The Kier molecular flexibility index (Phi) is 7.29. The third-order valence-electron chi connectivity index (χ3n) is 4.28. The van der Waals surface area contributed by atoms with Crippen molar-refractivity contribution in [2.45, 2.75) is 6.61 Å². The summed E-state index contributed by atoms with van der Waals surface area (Å²) in [5, 5.41) is 4.67.